The van der Waals surface area contributed by atoms with Crippen LogP contribution in [-0.2, 0) is 0 Å². The van der Waals surface area contributed by atoms with Gasteiger partial charge in [0.05, 0.1) is 6.21 Å². The van der Waals surface area contributed by atoms with E-state index in [0.29, 0.717) is 11.6 Å². The minimum atomic E-state index is 0.351. The quantitative estimate of drug-likeness (QED) is 0.353. The van der Waals surface area contributed by atoms with Gasteiger partial charge in [0.2, 0.25) is 0 Å². The number of benzene rings is 1. The van der Waals surface area contributed by atoms with Gasteiger partial charge in [-0.2, -0.15) is 10.1 Å². The van der Waals surface area contributed by atoms with Crippen LogP contribution in [-0.4, -0.2) is 26.4 Å². The Hall–Kier alpha value is -3.28. The smallest absolute Gasteiger partial charge is 0.265 e. The van der Waals surface area contributed by atoms with Crippen LogP contribution in [0.1, 0.15) is 32.8 Å². The van der Waals surface area contributed by atoms with Crippen molar-refractivity contribution in [2.45, 2.75) is 34.1 Å². The Labute approximate surface area is 159 Å². The molecule has 0 aliphatic carbocycles. The second-order valence-electron chi connectivity index (χ2n) is 5.59. The SMILES string of the molecule is C=C\C=C/C=C(/C=N/Nc1nnc2c(n1)[nH]c1cc(C)ccc12)CC.CC. The van der Waals surface area contributed by atoms with Crippen molar-refractivity contribution in [1.82, 2.24) is 20.2 Å². The van der Waals surface area contributed by atoms with Crippen molar-refractivity contribution >= 4 is 34.2 Å². The maximum Gasteiger partial charge on any atom is 0.265 e. The molecule has 0 saturated carbocycles. The molecule has 0 aliphatic heterocycles. The highest BCUT2D eigenvalue weighted by Crippen LogP contribution is 2.23. The van der Waals surface area contributed by atoms with Gasteiger partial charge in [0.15, 0.2) is 5.65 Å². The third kappa shape index (κ3) is 5.10. The Morgan fingerprint density at radius 1 is 1.26 bits per heavy atom. The number of fused-ring (bicyclic) bond motifs is 3. The molecule has 0 saturated heterocycles. The number of nitrogens with one attached hydrogen (secondary N) is 2. The van der Waals surface area contributed by atoms with Gasteiger partial charge in [-0.15, -0.1) is 10.2 Å². The molecule has 0 amide bonds. The Balaban J connectivity index is 0.00000126. The molecule has 3 aromatic rings. The highest BCUT2D eigenvalue weighted by Gasteiger charge is 2.08. The number of nitrogens with zero attached hydrogens (tertiary/aromatic N) is 4. The van der Waals surface area contributed by atoms with Crippen LogP contribution in [0.15, 0.2) is 59.8 Å². The van der Waals surface area contributed by atoms with E-state index in [9.17, 15) is 0 Å². The Kier molecular flexibility index (Phi) is 7.43. The summed E-state index contributed by atoms with van der Waals surface area (Å²) in [7, 11) is 0. The van der Waals surface area contributed by atoms with Crippen LogP contribution in [0.25, 0.3) is 22.1 Å². The van der Waals surface area contributed by atoms with Gasteiger partial charge < -0.3 is 4.98 Å². The number of aromatic nitrogens is 4. The molecule has 0 unspecified atom stereocenters. The second kappa shape index (κ2) is 10.0. The minimum absolute atomic E-state index is 0.351. The van der Waals surface area contributed by atoms with Gasteiger partial charge in [-0.25, -0.2) is 5.43 Å². The van der Waals surface area contributed by atoms with E-state index in [1.807, 2.05) is 44.2 Å². The minimum Gasteiger partial charge on any atom is -0.338 e. The molecular formula is C21H26N6. The fourth-order valence-corrected chi connectivity index (χ4v) is 2.42. The number of rotatable bonds is 6. The zero-order valence-corrected chi connectivity index (χ0v) is 16.3. The van der Waals surface area contributed by atoms with E-state index in [-0.39, 0.29) is 0 Å². The first-order chi connectivity index (χ1) is 13.2. The maximum absolute atomic E-state index is 4.44. The molecule has 0 bridgehead atoms. The molecule has 0 radical (unpaired) electrons. The van der Waals surface area contributed by atoms with Gasteiger partial charge in [0, 0.05) is 10.9 Å². The van der Waals surface area contributed by atoms with Gasteiger partial charge in [0.25, 0.3) is 5.95 Å². The van der Waals surface area contributed by atoms with Crippen LogP contribution in [0.3, 0.4) is 0 Å². The van der Waals surface area contributed by atoms with Gasteiger partial charge in [-0.1, -0.05) is 63.8 Å². The molecule has 3 rings (SSSR count). The average Bonchev–Trinajstić information content (AvgIpc) is 3.05. The van der Waals surface area contributed by atoms with E-state index in [2.05, 4.69) is 57.2 Å². The lowest BCUT2D eigenvalue weighted by atomic mass is 10.2. The average molecular weight is 362 g/mol. The molecule has 6 nitrogen and oxygen atoms in total. The van der Waals surface area contributed by atoms with Gasteiger partial charge in [0.1, 0.15) is 5.52 Å². The van der Waals surface area contributed by atoms with Crippen molar-refractivity contribution < 1.29 is 0 Å². The summed E-state index contributed by atoms with van der Waals surface area (Å²) in [6.45, 7) is 11.8. The largest absolute Gasteiger partial charge is 0.338 e. The lowest BCUT2D eigenvalue weighted by molar-refractivity contribution is 1.01. The number of aryl methyl sites for hydroxylation is 1. The first-order valence-electron chi connectivity index (χ1n) is 9.11. The van der Waals surface area contributed by atoms with E-state index < -0.39 is 0 Å². The highest BCUT2D eigenvalue weighted by atomic mass is 15.4. The highest BCUT2D eigenvalue weighted by molar-refractivity contribution is 6.03. The molecular weight excluding hydrogens is 336 g/mol. The summed E-state index contributed by atoms with van der Waals surface area (Å²) in [5.74, 6) is 0.351. The van der Waals surface area contributed by atoms with Crippen molar-refractivity contribution in [3.8, 4) is 0 Å². The third-order valence-corrected chi connectivity index (χ3v) is 3.73. The van der Waals surface area contributed by atoms with Gasteiger partial charge >= 0.3 is 0 Å². The van der Waals surface area contributed by atoms with Crippen LogP contribution in [0, 0.1) is 6.92 Å². The van der Waals surface area contributed by atoms with Gasteiger partial charge in [-0.05, 0) is 30.5 Å². The van der Waals surface area contributed by atoms with E-state index in [4.69, 9.17) is 0 Å². The fraction of sp³-hybridized carbons (Fsp3) is 0.238. The number of H-pyrrole nitrogens is 1. The molecule has 1 aromatic carbocycles. The van der Waals surface area contributed by atoms with E-state index in [0.717, 1.165) is 28.4 Å². The van der Waals surface area contributed by atoms with E-state index in [1.54, 1.807) is 12.3 Å². The molecule has 140 valence electrons. The van der Waals surface area contributed by atoms with Crippen molar-refractivity contribution in [2.75, 3.05) is 5.43 Å². The van der Waals surface area contributed by atoms with Crippen LogP contribution >= 0.6 is 0 Å². The lowest BCUT2D eigenvalue weighted by Gasteiger charge is -1.98. The summed E-state index contributed by atoms with van der Waals surface area (Å²) in [5.41, 5.74) is 7.53. The summed E-state index contributed by atoms with van der Waals surface area (Å²) < 4.78 is 0. The maximum atomic E-state index is 4.44. The molecule has 6 heteroatoms. The molecule has 2 heterocycles. The molecule has 0 fully saturated rings. The van der Waals surface area contributed by atoms with E-state index in [1.165, 1.54) is 5.56 Å². The monoisotopic (exact) mass is 362 g/mol. The Morgan fingerprint density at radius 2 is 2.07 bits per heavy atom. The van der Waals surface area contributed by atoms with Gasteiger partial charge in [-0.3, -0.25) is 0 Å². The normalized spacial score (nSPS) is 11.9. The topological polar surface area (TPSA) is 78.8 Å². The molecule has 2 aromatic heterocycles. The third-order valence-electron chi connectivity index (χ3n) is 3.73. The van der Waals surface area contributed by atoms with Crippen LogP contribution in [0.5, 0.6) is 0 Å². The van der Waals surface area contributed by atoms with Crippen LogP contribution in [0.2, 0.25) is 0 Å². The summed E-state index contributed by atoms with van der Waals surface area (Å²) in [6.07, 6.45) is 10.1. The number of allylic oxidation sites excluding steroid dienone is 5. The lowest BCUT2D eigenvalue weighted by Crippen LogP contribution is -1.99. The second-order valence-corrected chi connectivity index (χ2v) is 5.59. The first-order valence-corrected chi connectivity index (χ1v) is 9.11. The fourth-order valence-electron chi connectivity index (χ4n) is 2.42. The number of hydrogen-bond acceptors (Lipinski definition) is 5. The molecule has 27 heavy (non-hydrogen) atoms. The summed E-state index contributed by atoms with van der Waals surface area (Å²) in [4.78, 5) is 7.71. The van der Waals surface area contributed by atoms with Crippen molar-refractivity contribution in [3.63, 3.8) is 0 Å². The summed E-state index contributed by atoms with van der Waals surface area (Å²) >= 11 is 0. The first kappa shape index (κ1) is 20.0. The number of hydrazone groups is 1. The zero-order valence-electron chi connectivity index (χ0n) is 16.3. The molecule has 0 spiro atoms. The number of hydrogen-bond donors (Lipinski definition) is 2. The van der Waals surface area contributed by atoms with Crippen molar-refractivity contribution in [2.24, 2.45) is 5.10 Å². The zero-order chi connectivity index (χ0) is 19.6. The molecule has 0 aliphatic rings. The molecule has 2 N–H and O–H groups in total. The summed E-state index contributed by atoms with van der Waals surface area (Å²) in [6, 6.07) is 6.15. The number of aromatic amines is 1. The predicted octanol–water partition coefficient (Wildman–Crippen LogP) is 5.32. The van der Waals surface area contributed by atoms with Crippen LogP contribution in [0.4, 0.5) is 5.95 Å². The van der Waals surface area contributed by atoms with Crippen molar-refractivity contribution in [1.29, 1.82) is 0 Å². The Bertz CT molecular complexity index is 994. The van der Waals surface area contributed by atoms with E-state index >= 15 is 0 Å². The van der Waals surface area contributed by atoms with Crippen LogP contribution < -0.4 is 5.43 Å². The van der Waals surface area contributed by atoms with Crippen molar-refractivity contribution in [3.05, 3.63) is 60.2 Å². The predicted molar refractivity (Wildman–Crippen MR) is 115 cm³/mol. The summed E-state index contributed by atoms with van der Waals surface area (Å²) in [5, 5.41) is 13.6. The molecule has 0 atom stereocenters. The standard InChI is InChI=1S/C19H20N6.C2H6/c1-4-6-7-8-14(5-2)12-20-24-19-22-18-17(23-25-19)15-10-9-13(3)11-16(15)21-18;1-2/h4,6-12H,1,5H2,2-3H3,(H2,21,22,24,25);1-2H3/b7-6-,14-8+,20-12+;. The number of anilines is 1. The Morgan fingerprint density at radius 3 is 2.81 bits per heavy atom.